The molecule has 0 spiro atoms. The standard InChI is InChI=1S/C4H10O3S/c5-2-1-4(3-6)8-7/h4-7H,1-3H2. The van der Waals surface area contributed by atoms with Crippen molar-refractivity contribution in [2.75, 3.05) is 13.2 Å². The summed E-state index contributed by atoms with van der Waals surface area (Å²) in [5.41, 5.74) is 0. The third-order valence-electron chi connectivity index (χ3n) is 0.804. The molecule has 3 N–H and O–H groups in total. The zero-order chi connectivity index (χ0) is 6.41. The van der Waals surface area contributed by atoms with Crippen molar-refractivity contribution in [2.45, 2.75) is 11.7 Å². The van der Waals surface area contributed by atoms with E-state index in [0.29, 0.717) is 18.5 Å². The first-order valence-corrected chi connectivity index (χ1v) is 3.20. The summed E-state index contributed by atoms with van der Waals surface area (Å²) in [6, 6.07) is 0. The van der Waals surface area contributed by atoms with Crippen molar-refractivity contribution in [3.63, 3.8) is 0 Å². The van der Waals surface area contributed by atoms with Gasteiger partial charge in [-0.25, -0.2) is 0 Å². The molecule has 1 atom stereocenters. The lowest BCUT2D eigenvalue weighted by Crippen LogP contribution is -2.09. The van der Waals surface area contributed by atoms with Gasteiger partial charge in [-0.3, -0.25) is 0 Å². The molecule has 0 rings (SSSR count). The van der Waals surface area contributed by atoms with Crippen LogP contribution in [0.2, 0.25) is 0 Å². The Balaban J connectivity index is 3.07. The molecule has 0 radical (unpaired) electrons. The number of hydrogen-bond acceptors (Lipinski definition) is 4. The summed E-state index contributed by atoms with van der Waals surface area (Å²) in [4.78, 5) is 0. The summed E-state index contributed by atoms with van der Waals surface area (Å²) >= 11 is 0.584. The summed E-state index contributed by atoms with van der Waals surface area (Å²) in [6.07, 6.45) is 0.442. The van der Waals surface area contributed by atoms with Crippen molar-refractivity contribution in [2.24, 2.45) is 0 Å². The summed E-state index contributed by atoms with van der Waals surface area (Å²) in [5, 5.41) is 16.4. The van der Waals surface area contributed by atoms with Crippen molar-refractivity contribution in [1.82, 2.24) is 0 Å². The van der Waals surface area contributed by atoms with Crippen LogP contribution in [0.3, 0.4) is 0 Å². The molecule has 50 valence electrons. The van der Waals surface area contributed by atoms with Gasteiger partial charge in [-0.1, -0.05) is 0 Å². The first kappa shape index (κ1) is 8.23. The maximum atomic E-state index is 8.37. The predicted octanol–water partition coefficient (Wildman–Crippen LogP) is -0.0641. The van der Waals surface area contributed by atoms with Crippen LogP contribution >= 0.6 is 12.0 Å². The monoisotopic (exact) mass is 138 g/mol. The zero-order valence-corrected chi connectivity index (χ0v) is 5.27. The highest BCUT2D eigenvalue weighted by Crippen LogP contribution is 2.07. The predicted molar refractivity (Wildman–Crippen MR) is 32.8 cm³/mol. The molecule has 0 aliphatic rings. The third-order valence-corrected chi connectivity index (χ3v) is 1.49. The molecule has 1 unspecified atom stereocenters. The smallest absolute Gasteiger partial charge is 0.0573 e. The van der Waals surface area contributed by atoms with Gasteiger partial charge >= 0.3 is 0 Å². The van der Waals surface area contributed by atoms with E-state index in [9.17, 15) is 0 Å². The lowest BCUT2D eigenvalue weighted by atomic mass is 10.3. The molecule has 8 heavy (non-hydrogen) atoms. The number of rotatable bonds is 4. The van der Waals surface area contributed by atoms with Crippen LogP contribution in [0.5, 0.6) is 0 Å². The molecule has 0 fully saturated rings. The van der Waals surface area contributed by atoms with Crippen LogP contribution in [-0.4, -0.2) is 33.2 Å². The van der Waals surface area contributed by atoms with Crippen LogP contribution < -0.4 is 0 Å². The first-order chi connectivity index (χ1) is 3.85. The third kappa shape index (κ3) is 3.26. The quantitative estimate of drug-likeness (QED) is 0.476. The molecular formula is C4H10O3S. The van der Waals surface area contributed by atoms with Crippen molar-refractivity contribution in [3.05, 3.63) is 0 Å². The Bertz CT molecular complexity index is 46.5. The van der Waals surface area contributed by atoms with Crippen LogP contribution in [0, 0.1) is 0 Å². The van der Waals surface area contributed by atoms with Gasteiger partial charge in [0.25, 0.3) is 0 Å². The van der Waals surface area contributed by atoms with E-state index in [0.717, 1.165) is 0 Å². The first-order valence-electron chi connectivity index (χ1n) is 2.37. The fourth-order valence-electron chi connectivity index (χ4n) is 0.321. The lowest BCUT2D eigenvalue weighted by Gasteiger charge is -2.04. The minimum Gasteiger partial charge on any atom is -0.396 e. The van der Waals surface area contributed by atoms with Gasteiger partial charge in [-0.2, -0.15) is 0 Å². The fraction of sp³-hybridized carbons (Fsp3) is 1.00. The van der Waals surface area contributed by atoms with Crippen LogP contribution in [0.4, 0.5) is 0 Å². The molecule has 0 saturated carbocycles. The summed E-state index contributed by atoms with van der Waals surface area (Å²) in [5.74, 6) is 0. The second kappa shape index (κ2) is 5.37. The second-order valence-electron chi connectivity index (χ2n) is 1.42. The fourth-order valence-corrected chi connectivity index (χ4v) is 0.599. The molecule has 0 bridgehead atoms. The highest BCUT2D eigenvalue weighted by molar-refractivity contribution is 7.94. The van der Waals surface area contributed by atoms with E-state index in [2.05, 4.69) is 0 Å². The van der Waals surface area contributed by atoms with E-state index in [1.807, 2.05) is 0 Å². The normalized spacial score (nSPS) is 13.9. The Labute approximate surface area is 52.5 Å². The van der Waals surface area contributed by atoms with Gasteiger partial charge in [0.15, 0.2) is 0 Å². The minimum absolute atomic E-state index is 0.0127. The Morgan fingerprint density at radius 3 is 2.12 bits per heavy atom. The van der Waals surface area contributed by atoms with E-state index >= 15 is 0 Å². The number of hydrogen-bond donors (Lipinski definition) is 3. The SMILES string of the molecule is OCCC(CO)SO. The Kier molecular flexibility index (Phi) is 5.52. The second-order valence-corrected chi connectivity index (χ2v) is 2.30. The number of aliphatic hydroxyl groups is 2. The molecule has 4 heteroatoms. The van der Waals surface area contributed by atoms with Crippen LogP contribution in [0.1, 0.15) is 6.42 Å². The van der Waals surface area contributed by atoms with Crippen LogP contribution in [0.25, 0.3) is 0 Å². The summed E-state index contributed by atoms with van der Waals surface area (Å²) < 4.78 is 8.30. The molecule has 0 aromatic heterocycles. The van der Waals surface area contributed by atoms with Crippen molar-refractivity contribution < 1.29 is 14.8 Å². The lowest BCUT2D eigenvalue weighted by molar-refractivity contribution is 0.245. The Hall–Kier alpha value is 0.230. The Morgan fingerprint density at radius 1 is 1.38 bits per heavy atom. The highest BCUT2D eigenvalue weighted by Gasteiger charge is 2.03. The molecule has 0 aliphatic heterocycles. The van der Waals surface area contributed by atoms with E-state index in [-0.39, 0.29) is 18.5 Å². The van der Waals surface area contributed by atoms with Crippen LogP contribution in [0.15, 0.2) is 0 Å². The minimum atomic E-state index is -0.222. The molecule has 0 aromatic rings. The van der Waals surface area contributed by atoms with E-state index in [1.165, 1.54) is 0 Å². The maximum absolute atomic E-state index is 8.37. The Morgan fingerprint density at radius 2 is 2.00 bits per heavy atom. The molecule has 0 aromatic carbocycles. The molecule has 0 amide bonds. The van der Waals surface area contributed by atoms with Gasteiger partial charge in [0, 0.05) is 6.61 Å². The van der Waals surface area contributed by atoms with Gasteiger partial charge in [0.1, 0.15) is 0 Å². The largest absolute Gasteiger partial charge is 0.396 e. The average Bonchev–Trinajstić information content (AvgIpc) is 1.83. The average molecular weight is 138 g/mol. The van der Waals surface area contributed by atoms with Gasteiger partial charge in [-0.05, 0) is 18.5 Å². The summed E-state index contributed by atoms with van der Waals surface area (Å²) in [7, 11) is 0. The van der Waals surface area contributed by atoms with Gasteiger partial charge in [0.2, 0.25) is 0 Å². The number of aliphatic hydroxyl groups excluding tert-OH is 2. The van der Waals surface area contributed by atoms with E-state index in [4.69, 9.17) is 14.8 Å². The van der Waals surface area contributed by atoms with Crippen molar-refractivity contribution >= 4 is 12.0 Å². The zero-order valence-electron chi connectivity index (χ0n) is 4.45. The van der Waals surface area contributed by atoms with E-state index in [1.54, 1.807) is 0 Å². The van der Waals surface area contributed by atoms with Gasteiger partial charge < -0.3 is 14.8 Å². The van der Waals surface area contributed by atoms with Crippen LogP contribution in [-0.2, 0) is 0 Å². The van der Waals surface area contributed by atoms with Crippen molar-refractivity contribution in [1.29, 1.82) is 0 Å². The topological polar surface area (TPSA) is 60.7 Å². The molecule has 0 heterocycles. The summed E-state index contributed by atoms with van der Waals surface area (Å²) in [6.45, 7) is -0.0689. The maximum Gasteiger partial charge on any atom is 0.0573 e. The van der Waals surface area contributed by atoms with E-state index < -0.39 is 0 Å². The molecular weight excluding hydrogens is 128 g/mol. The highest BCUT2D eigenvalue weighted by atomic mass is 32.2. The van der Waals surface area contributed by atoms with Gasteiger partial charge in [-0.15, -0.1) is 0 Å². The molecule has 0 aliphatic carbocycles. The van der Waals surface area contributed by atoms with Gasteiger partial charge in [0.05, 0.1) is 11.9 Å². The molecule has 3 nitrogen and oxygen atoms in total. The van der Waals surface area contributed by atoms with Crippen molar-refractivity contribution in [3.8, 4) is 0 Å². The molecule has 0 saturated heterocycles.